The average Bonchev–Trinajstić information content (AvgIpc) is 3.23. The number of hydrogen-bond acceptors (Lipinski definition) is 3. The molecule has 0 aliphatic heterocycles. The van der Waals surface area contributed by atoms with Crippen molar-refractivity contribution >= 4 is 11.6 Å². The van der Waals surface area contributed by atoms with E-state index in [1.165, 1.54) is 12.8 Å². The van der Waals surface area contributed by atoms with Crippen LogP contribution in [0.25, 0.3) is 0 Å². The lowest BCUT2D eigenvalue weighted by molar-refractivity contribution is 0.0938. The van der Waals surface area contributed by atoms with Gasteiger partial charge in [-0.2, -0.15) is 0 Å². The lowest BCUT2D eigenvalue weighted by atomic mass is 10.0. The summed E-state index contributed by atoms with van der Waals surface area (Å²) in [5, 5.41) is 6.15. The van der Waals surface area contributed by atoms with Gasteiger partial charge in [-0.1, -0.05) is 11.6 Å². The van der Waals surface area contributed by atoms with Gasteiger partial charge in [-0.05, 0) is 43.7 Å². The molecule has 0 heterocycles. The largest absolute Gasteiger partial charge is 0.387 e. The topological polar surface area (TPSA) is 50.4 Å². The molecule has 110 valence electrons. The van der Waals surface area contributed by atoms with E-state index in [0.717, 1.165) is 36.4 Å². The van der Waals surface area contributed by atoms with Gasteiger partial charge in [0.2, 0.25) is 0 Å². The van der Waals surface area contributed by atoms with E-state index in [-0.39, 0.29) is 11.3 Å². The van der Waals surface area contributed by atoms with Crippen LogP contribution in [0.4, 0.5) is 5.69 Å². The molecule has 20 heavy (non-hydrogen) atoms. The lowest BCUT2D eigenvalue weighted by Crippen LogP contribution is -2.31. The molecule has 0 radical (unpaired) electrons. The van der Waals surface area contributed by atoms with E-state index >= 15 is 0 Å². The fourth-order valence-electron chi connectivity index (χ4n) is 2.44. The van der Waals surface area contributed by atoms with Crippen LogP contribution in [0.1, 0.15) is 35.2 Å². The highest BCUT2D eigenvalue weighted by molar-refractivity contribution is 5.99. The van der Waals surface area contributed by atoms with Gasteiger partial charge in [-0.25, -0.2) is 0 Å². The molecule has 1 fully saturated rings. The number of hydrogen-bond donors (Lipinski definition) is 2. The lowest BCUT2D eigenvalue weighted by Gasteiger charge is -2.16. The van der Waals surface area contributed by atoms with E-state index < -0.39 is 0 Å². The summed E-state index contributed by atoms with van der Waals surface area (Å²) in [5.41, 5.74) is 2.95. The molecule has 4 nitrogen and oxygen atoms in total. The molecule has 1 aromatic rings. The summed E-state index contributed by atoms with van der Waals surface area (Å²) in [6.45, 7) is 3.51. The molecule has 0 atom stereocenters. The standard InChI is InChI=1S/C16H24N2O2/c1-12-4-5-14(17-2)13(10-12)15(19)18-11-16(6-7-16)8-9-20-3/h4-5,10,17H,6-9,11H2,1-3H3,(H,18,19). The van der Waals surface area contributed by atoms with Crippen LogP contribution in [0.2, 0.25) is 0 Å². The molecule has 0 bridgehead atoms. The summed E-state index contributed by atoms with van der Waals surface area (Å²) < 4.78 is 5.14. The quantitative estimate of drug-likeness (QED) is 0.805. The Morgan fingerprint density at radius 3 is 2.75 bits per heavy atom. The van der Waals surface area contributed by atoms with Crippen LogP contribution in [-0.4, -0.2) is 33.2 Å². The van der Waals surface area contributed by atoms with E-state index in [1.807, 2.05) is 32.2 Å². The molecule has 1 saturated carbocycles. The van der Waals surface area contributed by atoms with Gasteiger partial charge in [-0.15, -0.1) is 0 Å². The Kier molecular flexibility index (Phi) is 4.65. The predicted molar refractivity (Wildman–Crippen MR) is 81.2 cm³/mol. The highest BCUT2D eigenvalue weighted by Gasteiger charge is 2.42. The van der Waals surface area contributed by atoms with Crippen LogP contribution >= 0.6 is 0 Å². The fourth-order valence-corrected chi connectivity index (χ4v) is 2.44. The number of aryl methyl sites for hydroxylation is 1. The first kappa shape index (κ1) is 14.9. The van der Waals surface area contributed by atoms with Gasteiger partial charge in [0, 0.05) is 33.0 Å². The van der Waals surface area contributed by atoms with E-state index in [9.17, 15) is 4.79 Å². The van der Waals surface area contributed by atoms with Crippen molar-refractivity contribution in [1.82, 2.24) is 5.32 Å². The molecule has 0 spiro atoms. The minimum Gasteiger partial charge on any atom is -0.387 e. The van der Waals surface area contributed by atoms with Crippen molar-refractivity contribution in [3.63, 3.8) is 0 Å². The minimum atomic E-state index is 0.00161. The molecule has 0 aromatic heterocycles. The van der Waals surface area contributed by atoms with Crippen molar-refractivity contribution in [3.05, 3.63) is 29.3 Å². The second kappa shape index (κ2) is 6.27. The van der Waals surface area contributed by atoms with Gasteiger partial charge >= 0.3 is 0 Å². The van der Waals surface area contributed by atoms with Crippen molar-refractivity contribution < 1.29 is 9.53 Å². The zero-order valence-electron chi connectivity index (χ0n) is 12.6. The van der Waals surface area contributed by atoms with E-state index in [0.29, 0.717) is 0 Å². The maximum Gasteiger partial charge on any atom is 0.253 e. The summed E-state index contributed by atoms with van der Waals surface area (Å²) in [6.07, 6.45) is 3.39. The number of amides is 1. The molecule has 2 rings (SSSR count). The zero-order valence-corrected chi connectivity index (χ0v) is 12.6. The van der Waals surface area contributed by atoms with Crippen LogP contribution in [0.5, 0.6) is 0 Å². The third-order valence-electron chi connectivity index (χ3n) is 4.11. The Labute approximate surface area is 120 Å². The van der Waals surface area contributed by atoms with E-state index in [4.69, 9.17) is 4.74 Å². The maximum absolute atomic E-state index is 12.3. The molecular formula is C16H24N2O2. The number of anilines is 1. The van der Waals surface area contributed by atoms with Crippen molar-refractivity contribution in [3.8, 4) is 0 Å². The third kappa shape index (κ3) is 3.51. The molecular weight excluding hydrogens is 252 g/mol. The van der Waals surface area contributed by atoms with Crippen molar-refractivity contribution in [2.45, 2.75) is 26.2 Å². The highest BCUT2D eigenvalue weighted by atomic mass is 16.5. The summed E-state index contributed by atoms with van der Waals surface area (Å²) >= 11 is 0. The van der Waals surface area contributed by atoms with Crippen molar-refractivity contribution in [2.75, 3.05) is 32.6 Å². The second-order valence-electron chi connectivity index (χ2n) is 5.72. The Bertz CT molecular complexity index is 481. The first-order valence-electron chi connectivity index (χ1n) is 7.16. The third-order valence-corrected chi connectivity index (χ3v) is 4.11. The Hall–Kier alpha value is -1.55. The average molecular weight is 276 g/mol. The van der Waals surface area contributed by atoms with Gasteiger partial charge < -0.3 is 15.4 Å². The van der Waals surface area contributed by atoms with Crippen LogP contribution in [0, 0.1) is 12.3 Å². The van der Waals surface area contributed by atoms with E-state index in [1.54, 1.807) is 7.11 Å². The molecule has 2 N–H and O–H groups in total. The molecule has 4 heteroatoms. The molecule has 1 amide bonds. The van der Waals surface area contributed by atoms with Crippen molar-refractivity contribution in [1.29, 1.82) is 0 Å². The van der Waals surface area contributed by atoms with Crippen molar-refractivity contribution in [2.24, 2.45) is 5.41 Å². The zero-order chi connectivity index (χ0) is 14.6. The molecule has 0 unspecified atom stereocenters. The second-order valence-corrected chi connectivity index (χ2v) is 5.72. The van der Waals surface area contributed by atoms with Gasteiger partial charge in [0.25, 0.3) is 5.91 Å². The smallest absolute Gasteiger partial charge is 0.253 e. The van der Waals surface area contributed by atoms with Crippen LogP contribution in [-0.2, 0) is 4.74 Å². The normalized spacial score (nSPS) is 15.8. The number of ether oxygens (including phenoxy) is 1. The molecule has 1 aromatic carbocycles. The van der Waals surface area contributed by atoms with E-state index in [2.05, 4.69) is 10.6 Å². The summed E-state index contributed by atoms with van der Waals surface area (Å²) in [5.74, 6) is 0.00161. The number of benzene rings is 1. The number of carbonyl (C=O) groups is 1. The monoisotopic (exact) mass is 276 g/mol. The molecule has 0 saturated heterocycles. The fraction of sp³-hybridized carbons (Fsp3) is 0.562. The first-order chi connectivity index (χ1) is 9.60. The Balaban J connectivity index is 1.97. The van der Waals surface area contributed by atoms with Crippen LogP contribution < -0.4 is 10.6 Å². The van der Waals surface area contributed by atoms with Gasteiger partial charge in [0.1, 0.15) is 0 Å². The number of nitrogens with one attached hydrogen (secondary N) is 2. The minimum absolute atomic E-state index is 0.00161. The molecule has 1 aliphatic carbocycles. The van der Waals surface area contributed by atoms with Crippen LogP contribution in [0.3, 0.4) is 0 Å². The first-order valence-corrected chi connectivity index (χ1v) is 7.16. The highest BCUT2D eigenvalue weighted by Crippen LogP contribution is 2.48. The van der Waals surface area contributed by atoms with Gasteiger partial charge in [0.05, 0.1) is 5.56 Å². The van der Waals surface area contributed by atoms with Gasteiger partial charge in [0.15, 0.2) is 0 Å². The van der Waals surface area contributed by atoms with Crippen LogP contribution in [0.15, 0.2) is 18.2 Å². The Morgan fingerprint density at radius 2 is 2.15 bits per heavy atom. The maximum atomic E-state index is 12.3. The Morgan fingerprint density at radius 1 is 1.40 bits per heavy atom. The number of rotatable bonds is 7. The SMILES string of the molecule is CNc1ccc(C)cc1C(=O)NCC1(CCOC)CC1. The number of carbonyl (C=O) groups excluding carboxylic acids is 1. The summed E-state index contributed by atoms with van der Waals surface area (Å²) in [6, 6.07) is 5.88. The number of methoxy groups -OCH3 is 1. The molecule has 1 aliphatic rings. The summed E-state index contributed by atoms with van der Waals surface area (Å²) in [7, 11) is 3.56. The predicted octanol–water partition coefficient (Wildman–Crippen LogP) is 2.58. The van der Waals surface area contributed by atoms with Gasteiger partial charge in [-0.3, -0.25) is 4.79 Å². The summed E-state index contributed by atoms with van der Waals surface area (Å²) in [4.78, 5) is 12.3.